The van der Waals surface area contributed by atoms with Crippen LogP contribution in [0.2, 0.25) is 0 Å². The monoisotopic (exact) mass is 283 g/mol. The number of para-hydroxylation sites is 1. The van der Waals surface area contributed by atoms with Crippen molar-refractivity contribution in [3.63, 3.8) is 0 Å². The Morgan fingerprint density at radius 2 is 2.14 bits per heavy atom. The number of nitrogens with one attached hydrogen (secondary N) is 1. The number of nitrogens with zero attached hydrogens (tertiary/aromatic N) is 2. The van der Waals surface area contributed by atoms with Crippen LogP contribution in [0, 0.1) is 5.92 Å². The molecule has 1 aromatic heterocycles. The van der Waals surface area contributed by atoms with E-state index < -0.39 is 0 Å². The summed E-state index contributed by atoms with van der Waals surface area (Å²) in [5, 5.41) is 8.12. The molecule has 1 saturated carbocycles. The summed E-state index contributed by atoms with van der Waals surface area (Å²) >= 11 is 0. The van der Waals surface area contributed by atoms with E-state index in [2.05, 4.69) is 41.6 Å². The number of hydrogen-bond acceptors (Lipinski definition) is 2. The molecule has 2 aromatic rings. The highest BCUT2D eigenvalue weighted by molar-refractivity contribution is 5.40. The van der Waals surface area contributed by atoms with Crippen molar-refractivity contribution in [3.05, 3.63) is 48.3 Å². The quantitative estimate of drug-likeness (QED) is 0.901. The average molecular weight is 283 g/mol. The molecule has 0 saturated heterocycles. The van der Waals surface area contributed by atoms with Crippen molar-refractivity contribution in [1.82, 2.24) is 15.1 Å². The molecule has 3 heteroatoms. The van der Waals surface area contributed by atoms with Gasteiger partial charge < -0.3 is 5.32 Å². The first kappa shape index (κ1) is 14.3. The minimum Gasteiger partial charge on any atom is -0.310 e. The summed E-state index contributed by atoms with van der Waals surface area (Å²) in [6.45, 7) is 3.25. The Balaban J connectivity index is 1.66. The number of rotatable bonds is 5. The molecule has 1 N–H and O–H groups in total. The zero-order valence-corrected chi connectivity index (χ0v) is 12.8. The first-order valence-electron chi connectivity index (χ1n) is 8.18. The Morgan fingerprint density at radius 3 is 2.95 bits per heavy atom. The summed E-state index contributed by atoms with van der Waals surface area (Å²) in [6.07, 6.45) is 10.6. The minimum atomic E-state index is 0.675. The van der Waals surface area contributed by atoms with E-state index in [1.165, 1.54) is 43.4 Å². The largest absolute Gasteiger partial charge is 0.310 e. The van der Waals surface area contributed by atoms with Crippen LogP contribution in [-0.2, 0) is 6.54 Å². The van der Waals surface area contributed by atoms with Gasteiger partial charge in [0.25, 0.3) is 0 Å². The summed E-state index contributed by atoms with van der Waals surface area (Å²) in [5.74, 6) is 0.914. The second kappa shape index (κ2) is 6.90. The fourth-order valence-corrected chi connectivity index (χ4v) is 3.40. The van der Waals surface area contributed by atoms with Crippen LogP contribution in [0.1, 0.15) is 44.6 Å². The van der Waals surface area contributed by atoms with E-state index in [9.17, 15) is 0 Å². The van der Waals surface area contributed by atoms with E-state index in [1.54, 1.807) is 0 Å². The maximum Gasteiger partial charge on any atom is 0.0690 e. The highest BCUT2D eigenvalue weighted by Gasteiger charge is 2.20. The Hall–Kier alpha value is -1.61. The van der Waals surface area contributed by atoms with E-state index in [1.807, 2.05) is 23.1 Å². The summed E-state index contributed by atoms with van der Waals surface area (Å²) in [6, 6.07) is 11.2. The van der Waals surface area contributed by atoms with Gasteiger partial charge in [-0.15, -0.1) is 0 Å². The molecule has 0 bridgehead atoms. The van der Waals surface area contributed by atoms with Crippen LogP contribution in [0.3, 0.4) is 0 Å². The van der Waals surface area contributed by atoms with Crippen molar-refractivity contribution in [2.24, 2.45) is 5.92 Å². The van der Waals surface area contributed by atoms with Gasteiger partial charge in [0.05, 0.1) is 5.69 Å². The molecule has 2 atom stereocenters. The number of hydrogen-bond donors (Lipinski definition) is 1. The molecule has 1 aliphatic carbocycles. The molecule has 0 aliphatic heterocycles. The second-order valence-corrected chi connectivity index (χ2v) is 6.10. The smallest absolute Gasteiger partial charge is 0.0690 e. The van der Waals surface area contributed by atoms with Gasteiger partial charge in [-0.25, -0.2) is 4.68 Å². The summed E-state index contributed by atoms with van der Waals surface area (Å²) < 4.78 is 1.95. The van der Waals surface area contributed by atoms with Crippen LogP contribution in [0.4, 0.5) is 0 Å². The van der Waals surface area contributed by atoms with Crippen LogP contribution in [0.25, 0.3) is 5.69 Å². The van der Waals surface area contributed by atoms with Gasteiger partial charge in [0, 0.05) is 25.0 Å². The molecule has 3 nitrogen and oxygen atoms in total. The van der Waals surface area contributed by atoms with E-state index in [4.69, 9.17) is 0 Å². The predicted octanol–water partition coefficient (Wildman–Crippen LogP) is 3.93. The second-order valence-electron chi connectivity index (χ2n) is 6.10. The predicted molar refractivity (Wildman–Crippen MR) is 86.4 cm³/mol. The zero-order chi connectivity index (χ0) is 14.5. The maximum absolute atomic E-state index is 4.36. The molecule has 112 valence electrons. The van der Waals surface area contributed by atoms with Gasteiger partial charge in [-0.2, -0.15) is 5.10 Å². The van der Waals surface area contributed by atoms with Crippen molar-refractivity contribution >= 4 is 0 Å². The van der Waals surface area contributed by atoms with Crippen molar-refractivity contribution in [3.8, 4) is 5.69 Å². The van der Waals surface area contributed by atoms with Crippen LogP contribution >= 0.6 is 0 Å². The van der Waals surface area contributed by atoms with Gasteiger partial charge in [0.1, 0.15) is 0 Å². The summed E-state index contributed by atoms with van der Waals surface area (Å²) in [4.78, 5) is 0. The maximum atomic E-state index is 4.36. The highest BCUT2D eigenvalue weighted by atomic mass is 15.3. The SMILES string of the molecule is CCC1CCCC(NCc2ccccc2-n2cccn2)C1. The third kappa shape index (κ3) is 3.53. The zero-order valence-electron chi connectivity index (χ0n) is 12.8. The van der Waals surface area contributed by atoms with Crippen molar-refractivity contribution in [1.29, 1.82) is 0 Å². The molecular formula is C18H25N3. The molecular weight excluding hydrogens is 258 g/mol. The molecule has 1 aliphatic rings. The minimum absolute atomic E-state index is 0.675. The van der Waals surface area contributed by atoms with Crippen molar-refractivity contribution in [2.45, 2.75) is 51.6 Å². The highest BCUT2D eigenvalue weighted by Crippen LogP contribution is 2.27. The van der Waals surface area contributed by atoms with E-state index >= 15 is 0 Å². The van der Waals surface area contributed by atoms with Crippen LogP contribution in [0.15, 0.2) is 42.7 Å². The van der Waals surface area contributed by atoms with Crippen LogP contribution in [-0.4, -0.2) is 15.8 Å². The lowest BCUT2D eigenvalue weighted by Crippen LogP contribution is -2.33. The van der Waals surface area contributed by atoms with Gasteiger partial charge in [0.2, 0.25) is 0 Å². The third-order valence-electron chi connectivity index (χ3n) is 4.68. The standard InChI is InChI=1S/C18H25N3/c1-2-15-7-5-9-17(13-15)19-14-16-8-3-4-10-18(16)21-12-6-11-20-21/h3-4,6,8,10-12,15,17,19H,2,5,7,9,13-14H2,1H3. The van der Waals surface area contributed by atoms with Gasteiger partial charge in [-0.05, 0) is 36.5 Å². The van der Waals surface area contributed by atoms with Gasteiger partial charge >= 0.3 is 0 Å². The lowest BCUT2D eigenvalue weighted by atomic mass is 9.84. The Labute approximate surface area is 127 Å². The summed E-state index contributed by atoms with van der Waals surface area (Å²) in [7, 11) is 0. The normalized spacial score (nSPS) is 22.3. The molecule has 0 spiro atoms. The van der Waals surface area contributed by atoms with Gasteiger partial charge in [-0.3, -0.25) is 0 Å². The van der Waals surface area contributed by atoms with Crippen LogP contribution in [0.5, 0.6) is 0 Å². The Bertz CT molecular complexity index is 547. The van der Waals surface area contributed by atoms with Crippen molar-refractivity contribution in [2.75, 3.05) is 0 Å². The lowest BCUT2D eigenvalue weighted by molar-refractivity contribution is 0.278. The van der Waals surface area contributed by atoms with Crippen LogP contribution < -0.4 is 5.32 Å². The first-order valence-corrected chi connectivity index (χ1v) is 8.18. The topological polar surface area (TPSA) is 29.9 Å². The Morgan fingerprint density at radius 1 is 1.24 bits per heavy atom. The van der Waals surface area contributed by atoms with Gasteiger partial charge in [0.15, 0.2) is 0 Å². The molecule has 0 radical (unpaired) electrons. The molecule has 0 amide bonds. The lowest BCUT2D eigenvalue weighted by Gasteiger charge is -2.29. The van der Waals surface area contributed by atoms with E-state index in [0.29, 0.717) is 6.04 Å². The number of benzene rings is 1. The molecule has 3 rings (SSSR count). The number of aromatic nitrogens is 2. The fraction of sp³-hybridized carbons (Fsp3) is 0.500. The average Bonchev–Trinajstić information content (AvgIpc) is 3.08. The fourth-order valence-electron chi connectivity index (χ4n) is 3.40. The van der Waals surface area contributed by atoms with Gasteiger partial charge in [-0.1, -0.05) is 44.4 Å². The van der Waals surface area contributed by atoms with E-state index in [-0.39, 0.29) is 0 Å². The molecule has 21 heavy (non-hydrogen) atoms. The molecule has 1 aromatic carbocycles. The Kier molecular flexibility index (Phi) is 4.71. The molecule has 1 heterocycles. The third-order valence-corrected chi connectivity index (χ3v) is 4.68. The molecule has 1 fully saturated rings. The summed E-state index contributed by atoms with van der Waals surface area (Å²) in [5.41, 5.74) is 2.50. The van der Waals surface area contributed by atoms with E-state index in [0.717, 1.165) is 12.5 Å². The molecule has 2 unspecified atom stereocenters. The first-order chi connectivity index (χ1) is 10.4. The van der Waals surface area contributed by atoms with Crippen molar-refractivity contribution < 1.29 is 0 Å².